The highest BCUT2D eigenvalue weighted by molar-refractivity contribution is 6.31. The van der Waals surface area contributed by atoms with Crippen molar-refractivity contribution in [1.82, 2.24) is 10.3 Å². The first-order valence-corrected chi connectivity index (χ1v) is 9.89. The fourth-order valence-corrected chi connectivity index (χ4v) is 3.15. The van der Waals surface area contributed by atoms with Crippen LogP contribution >= 0.6 is 11.6 Å². The monoisotopic (exact) mass is 423 g/mol. The predicted octanol–water partition coefficient (Wildman–Crippen LogP) is 4.58. The van der Waals surface area contributed by atoms with Crippen LogP contribution in [0.3, 0.4) is 0 Å². The highest BCUT2D eigenvalue weighted by atomic mass is 35.5. The molecule has 0 bridgehead atoms. The number of carbonyl (C=O) groups excluding carboxylic acids is 1. The third-order valence-corrected chi connectivity index (χ3v) is 4.86. The van der Waals surface area contributed by atoms with Crippen LogP contribution in [0.25, 0.3) is 0 Å². The van der Waals surface area contributed by atoms with Gasteiger partial charge in [-0.25, -0.2) is 9.78 Å². The summed E-state index contributed by atoms with van der Waals surface area (Å²) >= 11 is 6.07. The molecule has 0 saturated carbocycles. The first kappa shape index (κ1) is 21.3. The van der Waals surface area contributed by atoms with Gasteiger partial charge in [0.05, 0.1) is 22.2 Å². The molecule has 154 valence electrons. The molecule has 0 fully saturated rings. The van der Waals surface area contributed by atoms with Gasteiger partial charge < -0.3 is 15.7 Å². The summed E-state index contributed by atoms with van der Waals surface area (Å²) in [6.45, 7) is 2.44. The molecule has 3 rings (SSSR count). The Morgan fingerprint density at radius 2 is 1.80 bits per heavy atom. The molecule has 3 N–H and O–H groups in total. The second kappa shape index (κ2) is 9.89. The SMILES string of the molecule is C[C@H](NC(=O)c1cc(Cl)cnc1NCCc1ccccc1)c1ccc(C(=O)O)cc1. The summed E-state index contributed by atoms with van der Waals surface area (Å²) in [5.41, 5.74) is 2.52. The van der Waals surface area contributed by atoms with Crippen molar-refractivity contribution < 1.29 is 14.7 Å². The van der Waals surface area contributed by atoms with Crippen molar-refractivity contribution in [2.75, 3.05) is 11.9 Å². The Balaban J connectivity index is 1.68. The van der Waals surface area contributed by atoms with Gasteiger partial charge in [-0.3, -0.25) is 4.79 Å². The molecule has 0 unspecified atom stereocenters. The molecule has 0 aliphatic heterocycles. The lowest BCUT2D eigenvalue weighted by atomic mass is 10.1. The Morgan fingerprint density at radius 1 is 1.10 bits per heavy atom. The number of carboxylic acids is 1. The first-order chi connectivity index (χ1) is 14.4. The smallest absolute Gasteiger partial charge is 0.335 e. The first-order valence-electron chi connectivity index (χ1n) is 9.51. The van der Waals surface area contributed by atoms with Crippen LogP contribution in [0.4, 0.5) is 5.82 Å². The van der Waals surface area contributed by atoms with Crippen LogP contribution in [0.1, 0.15) is 44.8 Å². The number of carboxylic acid groups (broad SMARTS) is 1. The van der Waals surface area contributed by atoms with Gasteiger partial charge >= 0.3 is 5.97 Å². The van der Waals surface area contributed by atoms with E-state index in [4.69, 9.17) is 16.7 Å². The van der Waals surface area contributed by atoms with E-state index >= 15 is 0 Å². The van der Waals surface area contributed by atoms with Crippen LogP contribution in [0.5, 0.6) is 0 Å². The van der Waals surface area contributed by atoms with Crippen LogP contribution in [-0.4, -0.2) is 28.5 Å². The maximum absolute atomic E-state index is 12.9. The molecule has 0 saturated heterocycles. The van der Waals surface area contributed by atoms with Crippen molar-refractivity contribution in [3.05, 3.63) is 94.1 Å². The third-order valence-electron chi connectivity index (χ3n) is 4.65. The van der Waals surface area contributed by atoms with Crippen LogP contribution in [0.2, 0.25) is 5.02 Å². The second-order valence-corrected chi connectivity index (χ2v) is 7.27. The van der Waals surface area contributed by atoms with E-state index in [1.54, 1.807) is 18.2 Å². The van der Waals surface area contributed by atoms with Crippen LogP contribution < -0.4 is 10.6 Å². The largest absolute Gasteiger partial charge is 0.478 e. The Hall–Kier alpha value is -3.38. The third kappa shape index (κ3) is 5.58. The summed E-state index contributed by atoms with van der Waals surface area (Å²) in [5, 5.41) is 15.5. The Kier molecular flexibility index (Phi) is 7.03. The zero-order valence-corrected chi connectivity index (χ0v) is 17.2. The molecule has 1 heterocycles. The molecule has 1 amide bonds. The van der Waals surface area contributed by atoms with Crippen LogP contribution in [-0.2, 0) is 6.42 Å². The summed E-state index contributed by atoms with van der Waals surface area (Å²) in [4.78, 5) is 28.1. The summed E-state index contributed by atoms with van der Waals surface area (Å²) in [5.74, 6) is -0.849. The Bertz CT molecular complexity index is 1020. The number of carbonyl (C=O) groups is 2. The number of anilines is 1. The van der Waals surface area contributed by atoms with Crippen LogP contribution in [0, 0.1) is 0 Å². The molecule has 0 aliphatic carbocycles. The minimum Gasteiger partial charge on any atom is -0.478 e. The van der Waals surface area contributed by atoms with Crippen LogP contribution in [0.15, 0.2) is 66.9 Å². The van der Waals surface area contributed by atoms with E-state index in [1.807, 2.05) is 37.3 Å². The fourth-order valence-electron chi connectivity index (χ4n) is 3.00. The van der Waals surface area contributed by atoms with Gasteiger partial charge in [0.25, 0.3) is 5.91 Å². The summed E-state index contributed by atoms with van der Waals surface area (Å²) in [6.07, 6.45) is 2.29. The molecule has 0 spiro atoms. The number of hydrogen-bond acceptors (Lipinski definition) is 4. The number of rotatable bonds is 8. The van der Waals surface area contributed by atoms with Gasteiger partial charge in [-0.2, -0.15) is 0 Å². The Labute approximate surface area is 179 Å². The van der Waals surface area contributed by atoms with Crippen molar-refractivity contribution in [1.29, 1.82) is 0 Å². The van der Waals surface area contributed by atoms with E-state index in [2.05, 4.69) is 15.6 Å². The van der Waals surface area contributed by atoms with Crippen molar-refractivity contribution >= 4 is 29.3 Å². The molecule has 1 aromatic heterocycles. The number of halogens is 1. The van der Waals surface area contributed by atoms with E-state index in [9.17, 15) is 9.59 Å². The van der Waals surface area contributed by atoms with E-state index < -0.39 is 5.97 Å². The zero-order chi connectivity index (χ0) is 21.5. The van der Waals surface area contributed by atoms with Gasteiger partial charge in [-0.05, 0) is 42.7 Å². The van der Waals surface area contributed by atoms with Crippen molar-refractivity contribution in [2.45, 2.75) is 19.4 Å². The van der Waals surface area contributed by atoms with Crippen molar-refractivity contribution in [3.8, 4) is 0 Å². The predicted molar refractivity (Wildman–Crippen MR) is 117 cm³/mol. The summed E-state index contributed by atoms with van der Waals surface area (Å²) in [6, 6.07) is 17.7. The quantitative estimate of drug-likeness (QED) is 0.493. The number of amides is 1. The van der Waals surface area contributed by atoms with Gasteiger partial charge in [0, 0.05) is 12.7 Å². The number of nitrogens with one attached hydrogen (secondary N) is 2. The van der Waals surface area contributed by atoms with E-state index in [0.29, 0.717) is 22.9 Å². The number of aromatic carboxylic acids is 1. The second-order valence-electron chi connectivity index (χ2n) is 6.83. The number of hydrogen-bond donors (Lipinski definition) is 3. The lowest BCUT2D eigenvalue weighted by Gasteiger charge is -2.17. The summed E-state index contributed by atoms with van der Waals surface area (Å²) < 4.78 is 0. The van der Waals surface area contributed by atoms with Gasteiger partial charge in [-0.1, -0.05) is 54.1 Å². The molecule has 0 aliphatic rings. The zero-order valence-electron chi connectivity index (χ0n) is 16.4. The van der Waals surface area contributed by atoms with Gasteiger partial charge in [0.1, 0.15) is 5.82 Å². The Morgan fingerprint density at radius 3 is 2.47 bits per heavy atom. The molecule has 7 heteroatoms. The highest BCUT2D eigenvalue weighted by Gasteiger charge is 2.17. The highest BCUT2D eigenvalue weighted by Crippen LogP contribution is 2.20. The average molecular weight is 424 g/mol. The fraction of sp³-hybridized carbons (Fsp3) is 0.174. The number of pyridine rings is 1. The van der Waals surface area contributed by atoms with Gasteiger partial charge in [-0.15, -0.1) is 0 Å². The molecule has 0 radical (unpaired) electrons. The standard InChI is InChI=1S/C23H22ClN3O3/c1-15(17-7-9-18(10-8-17)23(29)30)27-22(28)20-13-19(24)14-26-21(20)25-12-11-16-5-3-2-4-6-16/h2-10,13-15H,11-12H2,1H3,(H,25,26)(H,27,28)(H,29,30)/t15-/m0/s1. The number of benzene rings is 2. The summed E-state index contributed by atoms with van der Waals surface area (Å²) in [7, 11) is 0. The van der Waals surface area contributed by atoms with Crippen molar-refractivity contribution in [3.63, 3.8) is 0 Å². The van der Waals surface area contributed by atoms with Crippen molar-refractivity contribution in [2.24, 2.45) is 0 Å². The number of nitrogens with zero attached hydrogens (tertiary/aromatic N) is 1. The topological polar surface area (TPSA) is 91.3 Å². The molecule has 30 heavy (non-hydrogen) atoms. The van der Waals surface area contributed by atoms with Gasteiger partial charge in [0.15, 0.2) is 0 Å². The maximum Gasteiger partial charge on any atom is 0.335 e. The number of aromatic nitrogens is 1. The lowest BCUT2D eigenvalue weighted by Crippen LogP contribution is -2.28. The average Bonchev–Trinajstić information content (AvgIpc) is 2.75. The minimum atomic E-state index is -0.991. The molecule has 3 aromatic rings. The molecule has 1 atom stereocenters. The minimum absolute atomic E-state index is 0.196. The molecule has 6 nitrogen and oxygen atoms in total. The maximum atomic E-state index is 12.9. The normalized spacial score (nSPS) is 11.5. The molecular formula is C23H22ClN3O3. The van der Waals surface area contributed by atoms with E-state index in [-0.39, 0.29) is 17.5 Å². The lowest BCUT2D eigenvalue weighted by molar-refractivity contribution is 0.0696. The molecule has 2 aromatic carbocycles. The van der Waals surface area contributed by atoms with Gasteiger partial charge in [0.2, 0.25) is 0 Å². The molecular weight excluding hydrogens is 402 g/mol. The van der Waals surface area contributed by atoms with E-state index in [1.165, 1.54) is 23.9 Å². The van der Waals surface area contributed by atoms with E-state index in [0.717, 1.165) is 12.0 Å².